The molecule has 0 bridgehead atoms. The average Bonchev–Trinajstić information content (AvgIpc) is 2.63. The maximum atomic E-state index is 11.8. The molecule has 0 saturated carbocycles. The van der Waals surface area contributed by atoms with Crippen LogP contribution in [-0.2, 0) is 14.6 Å². The SMILES string of the molecule is CS(=O)(=O)c1ccc(OCCCC(=O)NCCCN2CCNCC2)cc1. The Balaban J connectivity index is 1.53. The normalized spacial score (nSPS) is 15.6. The standard InChI is InChI=1S/C18H29N3O4S/c1-26(23,24)17-7-5-16(6-8-17)25-15-2-4-18(22)20-9-3-12-21-13-10-19-11-14-21/h5-8,19H,2-4,9-15H2,1H3,(H,20,22). The van der Waals surface area contributed by atoms with Crippen LogP contribution in [0.2, 0.25) is 0 Å². The number of hydrogen-bond acceptors (Lipinski definition) is 6. The molecule has 146 valence electrons. The van der Waals surface area contributed by atoms with Gasteiger partial charge in [0.15, 0.2) is 9.84 Å². The number of nitrogens with one attached hydrogen (secondary N) is 2. The lowest BCUT2D eigenvalue weighted by Crippen LogP contribution is -2.44. The van der Waals surface area contributed by atoms with Gasteiger partial charge in [0.05, 0.1) is 11.5 Å². The van der Waals surface area contributed by atoms with Gasteiger partial charge in [0.1, 0.15) is 5.75 Å². The molecule has 0 spiro atoms. The minimum Gasteiger partial charge on any atom is -0.494 e. The molecule has 0 unspecified atom stereocenters. The Labute approximate surface area is 156 Å². The summed E-state index contributed by atoms with van der Waals surface area (Å²) in [5.74, 6) is 0.648. The Morgan fingerprint density at radius 3 is 2.54 bits per heavy atom. The third kappa shape index (κ3) is 7.72. The fourth-order valence-corrected chi connectivity index (χ4v) is 3.39. The molecule has 1 aromatic carbocycles. The van der Waals surface area contributed by atoms with Crippen molar-refractivity contribution >= 4 is 15.7 Å². The number of ether oxygens (including phenoxy) is 1. The molecule has 1 aromatic rings. The zero-order valence-electron chi connectivity index (χ0n) is 15.4. The highest BCUT2D eigenvalue weighted by Gasteiger charge is 2.09. The molecule has 2 rings (SSSR count). The molecule has 1 heterocycles. The Morgan fingerprint density at radius 2 is 1.88 bits per heavy atom. The number of carbonyl (C=O) groups is 1. The Morgan fingerprint density at radius 1 is 1.19 bits per heavy atom. The Bertz CT molecular complexity index is 656. The quantitative estimate of drug-likeness (QED) is 0.577. The maximum absolute atomic E-state index is 11.8. The van der Waals surface area contributed by atoms with Crippen LogP contribution in [0.25, 0.3) is 0 Å². The van der Waals surface area contributed by atoms with Crippen LogP contribution in [0.1, 0.15) is 19.3 Å². The van der Waals surface area contributed by atoms with Gasteiger partial charge in [0.2, 0.25) is 5.91 Å². The predicted molar refractivity (Wildman–Crippen MR) is 101 cm³/mol. The van der Waals surface area contributed by atoms with E-state index in [1.54, 1.807) is 12.1 Å². The van der Waals surface area contributed by atoms with Crippen LogP contribution in [0.15, 0.2) is 29.2 Å². The Kier molecular flexibility index (Phi) is 8.34. The van der Waals surface area contributed by atoms with Gasteiger partial charge < -0.3 is 20.3 Å². The molecule has 0 radical (unpaired) electrons. The number of carbonyl (C=O) groups excluding carboxylic acids is 1. The monoisotopic (exact) mass is 383 g/mol. The average molecular weight is 384 g/mol. The second kappa shape index (κ2) is 10.5. The first kappa shape index (κ1) is 20.7. The summed E-state index contributed by atoms with van der Waals surface area (Å²) >= 11 is 0. The summed E-state index contributed by atoms with van der Waals surface area (Å²) in [7, 11) is -3.19. The van der Waals surface area contributed by atoms with E-state index < -0.39 is 9.84 Å². The molecule has 0 aromatic heterocycles. The summed E-state index contributed by atoms with van der Waals surface area (Å²) in [6.45, 7) is 6.40. The fourth-order valence-electron chi connectivity index (χ4n) is 2.76. The second-order valence-corrected chi connectivity index (χ2v) is 8.51. The molecular weight excluding hydrogens is 354 g/mol. The maximum Gasteiger partial charge on any atom is 0.220 e. The molecule has 8 heteroatoms. The first-order valence-electron chi connectivity index (χ1n) is 9.08. The van der Waals surface area contributed by atoms with Crippen LogP contribution in [-0.4, -0.2) is 71.4 Å². The number of piperazine rings is 1. The van der Waals surface area contributed by atoms with Crippen molar-refractivity contribution in [1.29, 1.82) is 0 Å². The van der Waals surface area contributed by atoms with Crippen molar-refractivity contribution in [3.8, 4) is 5.75 Å². The van der Waals surface area contributed by atoms with Crippen LogP contribution in [0.5, 0.6) is 5.75 Å². The molecule has 26 heavy (non-hydrogen) atoms. The van der Waals surface area contributed by atoms with Gasteiger partial charge >= 0.3 is 0 Å². The molecule has 1 aliphatic rings. The molecular formula is C18H29N3O4S. The van der Waals surface area contributed by atoms with E-state index in [0.29, 0.717) is 31.7 Å². The third-order valence-corrected chi connectivity index (χ3v) is 5.38. The topological polar surface area (TPSA) is 87.7 Å². The largest absolute Gasteiger partial charge is 0.494 e. The lowest BCUT2D eigenvalue weighted by atomic mass is 10.3. The zero-order valence-corrected chi connectivity index (χ0v) is 16.2. The number of rotatable bonds is 10. The van der Waals surface area contributed by atoms with Crippen LogP contribution < -0.4 is 15.4 Å². The minimum atomic E-state index is -3.19. The summed E-state index contributed by atoms with van der Waals surface area (Å²) < 4.78 is 28.3. The summed E-state index contributed by atoms with van der Waals surface area (Å²) in [6.07, 6.45) is 3.19. The Hall–Kier alpha value is -1.64. The number of amides is 1. The number of benzene rings is 1. The minimum absolute atomic E-state index is 0.0429. The molecule has 1 fully saturated rings. The molecule has 1 amide bonds. The van der Waals surface area contributed by atoms with Gasteiger partial charge in [-0.1, -0.05) is 0 Å². The molecule has 1 saturated heterocycles. The molecule has 0 atom stereocenters. The van der Waals surface area contributed by atoms with Crippen molar-refractivity contribution < 1.29 is 17.9 Å². The van der Waals surface area contributed by atoms with E-state index in [4.69, 9.17) is 4.74 Å². The third-order valence-electron chi connectivity index (χ3n) is 4.25. The highest BCUT2D eigenvalue weighted by molar-refractivity contribution is 7.90. The zero-order chi connectivity index (χ0) is 18.8. The van der Waals surface area contributed by atoms with Crippen LogP contribution in [0.3, 0.4) is 0 Å². The van der Waals surface area contributed by atoms with Crippen molar-refractivity contribution in [3.05, 3.63) is 24.3 Å². The molecule has 0 aliphatic carbocycles. The van der Waals surface area contributed by atoms with Crippen molar-refractivity contribution in [1.82, 2.24) is 15.5 Å². The number of sulfone groups is 1. The van der Waals surface area contributed by atoms with Crippen LogP contribution in [0.4, 0.5) is 0 Å². The summed E-state index contributed by atoms with van der Waals surface area (Å²) in [6, 6.07) is 6.31. The van der Waals surface area contributed by atoms with E-state index in [-0.39, 0.29) is 10.8 Å². The van der Waals surface area contributed by atoms with E-state index in [9.17, 15) is 13.2 Å². The van der Waals surface area contributed by atoms with E-state index >= 15 is 0 Å². The van der Waals surface area contributed by atoms with Crippen molar-refractivity contribution in [2.45, 2.75) is 24.2 Å². The van der Waals surface area contributed by atoms with Gasteiger partial charge in [-0.3, -0.25) is 4.79 Å². The van der Waals surface area contributed by atoms with Crippen LogP contribution in [0, 0.1) is 0 Å². The number of nitrogens with zero attached hydrogens (tertiary/aromatic N) is 1. The van der Waals surface area contributed by atoms with E-state index in [1.807, 2.05) is 0 Å². The van der Waals surface area contributed by atoms with Gasteiger partial charge in [-0.2, -0.15) is 0 Å². The lowest BCUT2D eigenvalue weighted by molar-refractivity contribution is -0.121. The smallest absolute Gasteiger partial charge is 0.220 e. The first-order valence-corrected chi connectivity index (χ1v) is 11.0. The summed E-state index contributed by atoms with van der Waals surface area (Å²) in [4.78, 5) is 14.5. The van der Waals surface area contributed by atoms with Crippen molar-refractivity contribution in [2.24, 2.45) is 0 Å². The van der Waals surface area contributed by atoms with Gasteiger partial charge in [-0.05, 0) is 43.7 Å². The van der Waals surface area contributed by atoms with Crippen LogP contribution >= 0.6 is 0 Å². The molecule has 7 nitrogen and oxygen atoms in total. The molecule has 1 aliphatic heterocycles. The van der Waals surface area contributed by atoms with Gasteiger partial charge in [-0.25, -0.2) is 8.42 Å². The highest BCUT2D eigenvalue weighted by Crippen LogP contribution is 2.16. The molecule has 2 N–H and O–H groups in total. The highest BCUT2D eigenvalue weighted by atomic mass is 32.2. The van der Waals surface area contributed by atoms with E-state index in [1.165, 1.54) is 18.4 Å². The second-order valence-electron chi connectivity index (χ2n) is 6.49. The van der Waals surface area contributed by atoms with Gasteiger partial charge in [0, 0.05) is 45.4 Å². The van der Waals surface area contributed by atoms with Gasteiger partial charge in [-0.15, -0.1) is 0 Å². The van der Waals surface area contributed by atoms with E-state index in [2.05, 4.69) is 15.5 Å². The van der Waals surface area contributed by atoms with Gasteiger partial charge in [0.25, 0.3) is 0 Å². The number of hydrogen-bond donors (Lipinski definition) is 2. The predicted octanol–water partition coefficient (Wildman–Crippen LogP) is 0.661. The summed E-state index contributed by atoms with van der Waals surface area (Å²) in [5, 5.41) is 6.26. The lowest BCUT2D eigenvalue weighted by Gasteiger charge is -2.27. The van der Waals surface area contributed by atoms with E-state index in [0.717, 1.165) is 39.1 Å². The first-order chi connectivity index (χ1) is 12.4. The van der Waals surface area contributed by atoms with Crippen molar-refractivity contribution in [3.63, 3.8) is 0 Å². The fraction of sp³-hybridized carbons (Fsp3) is 0.611. The van der Waals surface area contributed by atoms with Crippen molar-refractivity contribution in [2.75, 3.05) is 52.1 Å². The summed E-state index contributed by atoms with van der Waals surface area (Å²) in [5.41, 5.74) is 0.